The van der Waals surface area contributed by atoms with E-state index in [1.54, 1.807) is 0 Å². The standard InChI is InChI=1S/C14H22N4O/c19-14(16-10-5-3-1-2-4-6-10)13-11-9-15-8-7-12(11)17-18-13/h10,15H,1-9H2,(H,16,19)(H,17,18). The van der Waals surface area contributed by atoms with E-state index in [0.717, 1.165) is 43.6 Å². The predicted molar refractivity (Wildman–Crippen MR) is 73.0 cm³/mol. The molecule has 5 heteroatoms. The number of amides is 1. The highest BCUT2D eigenvalue weighted by Gasteiger charge is 2.23. The fourth-order valence-electron chi connectivity index (χ4n) is 3.09. The van der Waals surface area contributed by atoms with E-state index in [-0.39, 0.29) is 5.91 Å². The van der Waals surface area contributed by atoms with Crippen molar-refractivity contribution in [3.63, 3.8) is 0 Å². The first-order valence-electron chi connectivity index (χ1n) is 7.42. The predicted octanol–water partition coefficient (Wildman–Crippen LogP) is 1.51. The van der Waals surface area contributed by atoms with Crippen LogP contribution >= 0.6 is 0 Å². The molecule has 0 bridgehead atoms. The van der Waals surface area contributed by atoms with Crippen molar-refractivity contribution < 1.29 is 4.79 Å². The summed E-state index contributed by atoms with van der Waals surface area (Å²) in [6, 6.07) is 0.332. The molecule has 1 aromatic rings. The lowest BCUT2D eigenvalue weighted by Gasteiger charge is -2.17. The van der Waals surface area contributed by atoms with Crippen LogP contribution in [-0.4, -0.2) is 28.7 Å². The number of aromatic nitrogens is 2. The molecule has 0 unspecified atom stereocenters. The molecule has 3 N–H and O–H groups in total. The highest BCUT2D eigenvalue weighted by atomic mass is 16.2. The Morgan fingerprint density at radius 1 is 1.21 bits per heavy atom. The summed E-state index contributed by atoms with van der Waals surface area (Å²) in [6.45, 7) is 1.71. The smallest absolute Gasteiger partial charge is 0.272 e. The minimum Gasteiger partial charge on any atom is -0.348 e. The van der Waals surface area contributed by atoms with Crippen LogP contribution in [0.3, 0.4) is 0 Å². The van der Waals surface area contributed by atoms with Crippen LogP contribution in [0.2, 0.25) is 0 Å². The number of nitrogens with zero attached hydrogens (tertiary/aromatic N) is 1. The van der Waals surface area contributed by atoms with Gasteiger partial charge in [-0.1, -0.05) is 25.7 Å². The number of rotatable bonds is 2. The van der Waals surface area contributed by atoms with Crippen molar-refractivity contribution in [3.05, 3.63) is 17.0 Å². The van der Waals surface area contributed by atoms with Crippen LogP contribution in [0, 0.1) is 0 Å². The SMILES string of the molecule is O=C(NC1CCCCCC1)c1n[nH]c2c1CNCC2. The quantitative estimate of drug-likeness (QED) is 0.708. The van der Waals surface area contributed by atoms with Gasteiger partial charge in [0.1, 0.15) is 0 Å². The molecule has 1 aliphatic heterocycles. The monoisotopic (exact) mass is 262 g/mol. The Labute approximate surface area is 113 Å². The van der Waals surface area contributed by atoms with Crippen LogP contribution < -0.4 is 10.6 Å². The Morgan fingerprint density at radius 3 is 2.79 bits per heavy atom. The number of aromatic amines is 1. The molecule has 0 atom stereocenters. The van der Waals surface area contributed by atoms with Gasteiger partial charge >= 0.3 is 0 Å². The number of carbonyl (C=O) groups is 1. The minimum atomic E-state index is -0.00639. The second-order valence-electron chi connectivity index (χ2n) is 5.62. The van der Waals surface area contributed by atoms with Gasteiger partial charge in [-0.25, -0.2) is 0 Å². The molecule has 1 aliphatic carbocycles. The first kappa shape index (κ1) is 12.7. The van der Waals surface area contributed by atoms with E-state index in [1.165, 1.54) is 25.7 Å². The number of hydrogen-bond acceptors (Lipinski definition) is 3. The molecule has 2 aliphatic rings. The maximum Gasteiger partial charge on any atom is 0.272 e. The third-order valence-corrected chi connectivity index (χ3v) is 4.21. The van der Waals surface area contributed by atoms with Crippen LogP contribution in [0.15, 0.2) is 0 Å². The lowest BCUT2D eigenvalue weighted by atomic mass is 10.1. The van der Waals surface area contributed by atoms with E-state index in [9.17, 15) is 4.79 Å². The van der Waals surface area contributed by atoms with E-state index in [1.807, 2.05) is 0 Å². The normalized spacial score (nSPS) is 20.6. The molecule has 3 rings (SSSR count). The van der Waals surface area contributed by atoms with Crippen LogP contribution in [0.5, 0.6) is 0 Å². The van der Waals surface area contributed by atoms with E-state index in [2.05, 4.69) is 20.8 Å². The fourth-order valence-corrected chi connectivity index (χ4v) is 3.09. The van der Waals surface area contributed by atoms with Crippen molar-refractivity contribution in [3.8, 4) is 0 Å². The molecule has 2 heterocycles. The van der Waals surface area contributed by atoms with E-state index in [0.29, 0.717) is 11.7 Å². The van der Waals surface area contributed by atoms with Crippen LogP contribution in [0.1, 0.15) is 60.3 Å². The number of hydrogen-bond donors (Lipinski definition) is 3. The molecule has 19 heavy (non-hydrogen) atoms. The topological polar surface area (TPSA) is 69.8 Å². The molecular formula is C14H22N4O. The highest BCUT2D eigenvalue weighted by Crippen LogP contribution is 2.19. The van der Waals surface area contributed by atoms with Gasteiger partial charge in [-0.2, -0.15) is 5.10 Å². The Balaban J connectivity index is 1.68. The Hall–Kier alpha value is -1.36. The van der Waals surface area contributed by atoms with Crippen molar-refractivity contribution in [1.82, 2.24) is 20.8 Å². The number of carbonyl (C=O) groups excluding carboxylic acids is 1. The summed E-state index contributed by atoms with van der Waals surface area (Å²) in [4.78, 5) is 12.3. The summed E-state index contributed by atoms with van der Waals surface area (Å²) in [7, 11) is 0. The third-order valence-electron chi connectivity index (χ3n) is 4.21. The van der Waals surface area contributed by atoms with Gasteiger partial charge in [-0.05, 0) is 12.8 Å². The molecule has 1 fully saturated rings. The summed E-state index contributed by atoms with van der Waals surface area (Å²) in [5.74, 6) is -0.00639. The molecule has 1 aromatic heterocycles. The first-order valence-corrected chi connectivity index (χ1v) is 7.42. The lowest BCUT2D eigenvalue weighted by Crippen LogP contribution is -2.35. The zero-order valence-corrected chi connectivity index (χ0v) is 11.3. The summed E-state index contributed by atoms with van der Waals surface area (Å²) in [6.07, 6.45) is 8.20. The zero-order chi connectivity index (χ0) is 13.1. The number of fused-ring (bicyclic) bond motifs is 1. The Morgan fingerprint density at radius 2 is 2.00 bits per heavy atom. The van der Waals surface area contributed by atoms with Crippen molar-refractivity contribution in [1.29, 1.82) is 0 Å². The highest BCUT2D eigenvalue weighted by molar-refractivity contribution is 5.94. The van der Waals surface area contributed by atoms with E-state index >= 15 is 0 Å². The fraction of sp³-hybridized carbons (Fsp3) is 0.714. The van der Waals surface area contributed by atoms with Gasteiger partial charge in [0, 0.05) is 36.8 Å². The lowest BCUT2D eigenvalue weighted by molar-refractivity contribution is 0.0927. The van der Waals surface area contributed by atoms with Gasteiger partial charge in [0.2, 0.25) is 0 Å². The average molecular weight is 262 g/mol. The Kier molecular flexibility index (Phi) is 3.82. The number of H-pyrrole nitrogens is 1. The van der Waals surface area contributed by atoms with Crippen LogP contribution in [-0.2, 0) is 13.0 Å². The molecule has 0 spiro atoms. The van der Waals surface area contributed by atoms with E-state index < -0.39 is 0 Å². The average Bonchev–Trinajstić information content (AvgIpc) is 2.70. The molecule has 0 radical (unpaired) electrons. The summed E-state index contributed by atoms with van der Waals surface area (Å²) in [5.41, 5.74) is 2.76. The second kappa shape index (κ2) is 5.74. The Bertz CT molecular complexity index is 446. The number of nitrogens with one attached hydrogen (secondary N) is 3. The third kappa shape index (κ3) is 2.81. The van der Waals surface area contributed by atoms with Gasteiger partial charge in [0.05, 0.1) is 0 Å². The van der Waals surface area contributed by atoms with Gasteiger partial charge in [0.15, 0.2) is 5.69 Å². The van der Waals surface area contributed by atoms with Gasteiger partial charge < -0.3 is 10.6 Å². The second-order valence-corrected chi connectivity index (χ2v) is 5.62. The molecule has 1 saturated carbocycles. The molecular weight excluding hydrogens is 240 g/mol. The summed E-state index contributed by atoms with van der Waals surface area (Å²) >= 11 is 0. The summed E-state index contributed by atoms with van der Waals surface area (Å²) < 4.78 is 0. The van der Waals surface area contributed by atoms with Crippen LogP contribution in [0.4, 0.5) is 0 Å². The maximum atomic E-state index is 12.3. The molecule has 104 valence electrons. The van der Waals surface area contributed by atoms with Gasteiger partial charge in [-0.3, -0.25) is 9.89 Å². The van der Waals surface area contributed by atoms with E-state index in [4.69, 9.17) is 0 Å². The van der Waals surface area contributed by atoms with Crippen LogP contribution in [0.25, 0.3) is 0 Å². The largest absolute Gasteiger partial charge is 0.348 e. The minimum absolute atomic E-state index is 0.00639. The van der Waals surface area contributed by atoms with Crippen molar-refractivity contribution in [2.75, 3.05) is 6.54 Å². The zero-order valence-electron chi connectivity index (χ0n) is 11.3. The molecule has 0 aromatic carbocycles. The molecule has 5 nitrogen and oxygen atoms in total. The molecule has 1 amide bonds. The van der Waals surface area contributed by atoms with Crippen molar-refractivity contribution >= 4 is 5.91 Å². The first-order chi connectivity index (χ1) is 9.34. The van der Waals surface area contributed by atoms with Gasteiger partial charge in [0.25, 0.3) is 5.91 Å². The maximum absolute atomic E-state index is 12.3. The summed E-state index contributed by atoms with van der Waals surface area (Å²) in [5, 5.41) is 13.7. The van der Waals surface area contributed by atoms with Crippen molar-refractivity contribution in [2.24, 2.45) is 0 Å². The molecule has 0 saturated heterocycles. The van der Waals surface area contributed by atoms with Crippen molar-refractivity contribution in [2.45, 2.75) is 57.5 Å². The van der Waals surface area contributed by atoms with Gasteiger partial charge in [-0.15, -0.1) is 0 Å².